The van der Waals surface area contributed by atoms with E-state index < -0.39 is 11.7 Å². The Bertz CT molecular complexity index is 641. The summed E-state index contributed by atoms with van der Waals surface area (Å²) in [4.78, 5) is 12.3. The van der Waals surface area contributed by atoms with Gasteiger partial charge in [0.25, 0.3) is 0 Å². The van der Waals surface area contributed by atoms with Gasteiger partial charge >= 0.3 is 0 Å². The highest BCUT2D eigenvalue weighted by Crippen LogP contribution is 2.60. The molecule has 2 saturated carbocycles. The van der Waals surface area contributed by atoms with Crippen molar-refractivity contribution in [2.24, 2.45) is 5.92 Å². The molecule has 7 heteroatoms. The lowest BCUT2D eigenvalue weighted by molar-refractivity contribution is 0.00905. The van der Waals surface area contributed by atoms with Gasteiger partial charge < -0.3 is 20.5 Å². The first kappa shape index (κ1) is 10.2. The smallest absolute Gasteiger partial charge is 0.165 e. The van der Waals surface area contributed by atoms with Crippen LogP contribution in [-0.4, -0.2) is 41.4 Å². The van der Waals surface area contributed by atoms with Crippen LogP contribution >= 0.6 is 0 Å². The summed E-state index contributed by atoms with van der Waals surface area (Å²) in [5, 5.41) is 19.9. The summed E-state index contributed by atoms with van der Waals surface area (Å²) < 4.78 is 1.90. The highest BCUT2D eigenvalue weighted by atomic mass is 16.4. The Morgan fingerprint density at radius 1 is 1.39 bits per heavy atom. The van der Waals surface area contributed by atoms with Crippen molar-refractivity contribution < 1.29 is 10.2 Å². The van der Waals surface area contributed by atoms with Crippen molar-refractivity contribution in [3.8, 4) is 0 Å². The van der Waals surface area contributed by atoms with Crippen LogP contribution in [0.4, 0.5) is 5.82 Å². The number of rotatable bonds is 1. The maximum absolute atomic E-state index is 10.1. The molecule has 7 nitrogen and oxygen atoms in total. The molecular formula is C11H13N5O2. The molecule has 4 N–H and O–H groups in total. The summed E-state index contributed by atoms with van der Waals surface area (Å²) >= 11 is 0. The molecule has 4 rings (SSSR count). The first-order valence-corrected chi connectivity index (χ1v) is 5.94. The van der Waals surface area contributed by atoms with E-state index >= 15 is 0 Å². The predicted molar refractivity (Wildman–Crippen MR) is 62.5 cm³/mol. The highest BCUT2D eigenvalue weighted by Gasteiger charge is 2.67. The summed E-state index contributed by atoms with van der Waals surface area (Å²) in [6.07, 6.45) is 3.57. The van der Waals surface area contributed by atoms with E-state index in [4.69, 9.17) is 5.73 Å². The number of aliphatic hydroxyl groups excluding tert-OH is 1. The van der Waals surface area contributed by atoms with Crippen LogP contribution in [-0.2, 0) is 0 Å². The summed E-state index contributed by atoms with van der Waals surface area (Å²) in [5.74, 6) is 0.435. The largest absolute Gasteiger partial charge is 0.390 e. The molecule has 0 amide bonds. The molecule has 0 bridgehead atoms. The zero-order chi connectivity index (χ0) is 12.5. The fraction of sp³-hybridized carbons (Fsp3) is 0.545. The summed E-state index contributed by atoms with van der Waals surface area (Å²) in [6, 6.07) is 0.0318. The fourth-order valence-corrected chi connectivity index (χ4v) is 3.16. The van der Waals surface area contributed by atoms with E-state index in [2.05, 4.69) is 15.0 Å². The Labute approximate surface area is 102 Å². The van der Waals surface area contributed by atoms with Gasteiger partial charge in [-0.3, -0.25) is 0 Å². The second-order valence-electron chi connectivity index (χ2n) is 5.20. The van der Waals surface area contributed by atoms with Gasteiger partial charge in [0, 0.05) is 12.0 Å². The molecule has 2 aromatic rings. The number of hydrogen-bond acceptors (Lipinski definition) is 6. The monoisotopic (exact) mass is 247 g/mol. The first-order chi connectivity index (χ1) is 8.61. The lowest BCUT2D eigenvalue weighted by Gasteiger charge is -2.15. The third-order valence-electron chi connectivity index (χ3n) is 4.28. The van der Waals surface area contributed by atoms with Crippen molar-refractivity contribution >= 4 is 17.0 Å². The van der Waals surface area contributed by atoms with E-state index in [-0.39, 0.29) is 12.0 Å². The van der Waals surface area contributed by atoms with Gasteiger partial charge in [0.15, 0.2) is 11.5 Å². The molecule has 0 aromatic carbocycles. The minimum Gasteiger partial charge on any atom is -0.390 e. The number of nitrogens with two attached hydrogens (primary N) is 1. The lowest BCUT2D eigenvalue weighted by atomic mass is 10.1. The normalized spacial score (nSPS) is 38.0. The van der Waals surface area contributed by atoms with Crippen molar-refractivity contribution in [2.45, 2.75) is 30.6 Å². The molecule has 2 aromatic heterocycles. The molecule has 18 heavy (non-hydrogen) atoms. The molecule has 2 aliphatic rings. The molecule has 2 heterocycles. The third-order valence-corrected chi connectivity index (χ3v) is 4.28. The number of anilines is 1. The Morgan fingerprint density at radius 3 is 2.89 bits per heavy atom. The number of nitrogens with zero attached hydrogens (tertiary/aromatic N) is 4. The average Bonchev–Trinajstić information content (AvgIpc) is 2.76. The number of fused-ring (bicyclic) bond motifs is 2. The van der Waals surface area contributed by atoms with Gasteiger partial charge in [0.05, 0.1) is 18.0 Å². The minimum absolute atomic E-state index is 0.0318. The van der Waals surface area contributed by atoms with Crippen molar-refractivity contribution in [2.75, 3.05) is 5.73 Å². The highest BCUT2D eigenvalue weighted by molar-refractivity contribution is 5.81. The third kappa shape index (κ3) is 1.08. The van der Waals surface area contributed by atoms with Crippen molar-refractivity contribution in [1.82, 2.24) is 19.5 Å². The van der Waals surface area contributed by atoms with Crippen LogP contribution in [0.1, 0.15) is 18.9 Å². The van der Waals surface area contributed by atoms with E-state index in [9.17, 15) is 10.2 Å². The van der Waals surface area contributed by atoms with Crippen LogP contribution in [0.25, 0.3) is 11.2 Å². The fourth-order valence-electron chi connectivity index (χ4n) is 3.16. The van der Waals surface area contributed by atoms with E-state index in [0.29, 0.717) is 29.8 Å². The molecular weight excluding hydrogens is 234 g/mol. The summed E-state index contributed by atoms with van der Waals surface area (Å²) in [5.41, 5.74) is 6.07. The second kappa shape index (κ2) is 2.99. The van der Waals surface area contributed by atoms with Crippen molar-refractivity contribution in [1.29, 1.82) is 0 Å². The van der Waals surface area contributed by atoms with Crippen molar-refractivity contribution in [3.63, 3.8) is 0 Å². The molecule has 0 spiro atoms. The van der Waals surface area contributed by atoms with Crippen LogP contribution < -0.4 is 5.73 Å². The van der Waals surface area contributed by atoms with Crippen LogP contribution in [0.3, 0.4) is 0 Å². The van der Waals surface area contributed by atoms with Crippen LogP contribution in [0.15, 0.2) is 12.7 Å². The maximum atomic E-state index is 10.1. The van der Waals surface area contributed by atoms with Gasteiger partial charge in [0.1, 0.15) is 11.8 Å². The van der Waals surface area contributed by atoms with Crippen molar-refractivity contribution in [3.05, 3.63) is 12.7 Å². The van der Waals surface area contributed by atoms with E-state index in [1.54, 1.807) is 6.33 Å². The van der Waals surface area contributed by atoms with Crippen LogP contribution in [0.5, 0.6) is 0 Å². The van der Waals surface area contributed by atoms with Gasteiger partial charge in [-0.2, -0.15) is 0 Å². The SMILES string of the molecule is Nc1ncnc2c1ncn2[C@H]1C[C@H](O)[C@@]2(O)CC12. The lowest BCUT2D eigenvalue weighted by Crippen LogP contribution is -2.24. The zero-order valence-corrected chi connectivity index (χ0v) is 9.56. The zero-order valence-electron chi connectivity index (χ0n) is 9.56. The predicted octanol–water partition coefficient (Wildman–Crippen LogP) is -0.535. The van der Waals surface area contributed by atoms with Gasteiger partial charge in [-0.25, -0.2) is 15.0 Å². The average molecular weight is 247 g/mol. The molecule has 0 aliphatic heterocycles. The Kier molecular flexibility index (Phi) is 1.69. The minimum atomic E-state index is -0.903. The number of hydrogen-bond donors (Lipinski definition) is 3. The number of nitrogen functional groups attached to an aromatic ring is 1. The van der Waals surface area contributed by atoms with Crippen LogP contribution in [0.2, 0.25) is 0 Å². The number of aromatic nitrogens is 4. The number of imidazole rings is 1. The molecule has 2 fully saturated rings. The van der Waals surface area contributed by atoms with Gasteiger partial charge in [-0.15, -0.1) is 0 Å². The Balaban J connectivity index is 1.83. The topological polar surface area (TPSA) is 110 Å². The van der Waals surface area contributed by atoms with E-state index in [1.165, 1.54) is 6.33 Å². The van der Waals surface area contributed by atoms with E-state index in [1.807, 2.05) is 4.57 Å². The maximum Gasteiger partial charge on any atom is 0.165 e. The van der Waals surface area contributed by atoms with Crippen LogP contribution in [0, 0.1) is 5.92 Å². The summed E-state index contributed by atoms with van der Waals surface area (Å²) in [7, 11) is 0. The van der Waals surface area contributed by atoms with Gasteiger partial charge in [0.2, 0.25) is 0 Å². The Hall–Kier alpha value is -1.73. The quantitative estimate of drug-likeness (QED) is 0.624. The number of aliphatic hydroxyl groups is 2. The molecule has 4 atom stereocenters. The first-order valence-electron chi connectivity index (χ1n) is 5.94. The molecule has 0 radical (unpaired) electrons. The molecule has 0 saturated heterocycles. The Morgan fingerprint density at radius 2 is 2.22 bits per heavy atom. The molecule has 2 aliphatic carbocycles. The summed E-state index contributed by atoms with van der Waals surface area (Å²) in [6.45, 7) is 0. The van der Waals surface area contributed by atoms with Gasteiger partial charge in [-0.05, 0) is 12.8 Å². The molecule has 1 unspecified atom stereocenters. The van der Waals surface area contributed by atoms with E-state index in [0.717, 1.165) is 0 Å². The molecule has 94 valence electrons. The van der Waals surface area contributed by atoms with Gasteiger partial charge in [-0.1, -0.05) is 0 Å². The standard InChI is InChI=1S/C11H13N5O2/c12-9-8-10(14-3-13-9)16(4-15-8)6-1-7(17)11(18)2-5(6)11/h3-7,17-18H,1-2H2,(H2,12,13,14)/t5?,6-,7-,11+/m0/s1. The second-order valence-corrected chi connectivity index (χ2v) is 5.20.